The van der Waals surface area contributed by atoms with Gasteiger partial charge in [0.1, 0.15) is 0 Å². The number of H-pyrrole nitrogens is 1. The topological polar surface area (TPSA) is 108 Å². The van der Waals surface area contributed by atoms with Crippen LogP contribution in [0.3, 0.4) is 0 Å². The number of aromatic nitrogens is 3. The van der Waals surface area contributed by atoms with Crippen molar-refractivity contribution in [3.8, 4) is 12.1 Å². The van der Waals surface area contributed by atoms with Gasteiger partial charge in [-0.05, 0) is 43.7 Å². The van der Waals surface area contributed by atoms with E-state index < -0.39 is 0 Å². The molecule has 8 nitrogen and oxygen atoms in total. The van der Waals surface area contributed by atoms with Crippen molar-refractivity contribution < 1.29 is 0 Å². The first kappa shape index (κ1) is 21.7. The van der Waals surface area contributed by atoms with Crippen LogP contribution in [0, 0.1) is 22.7 Å². The zero-order chi connectivity index (χ0) is 23.7. The van der Waals surface area contributed by atoms with Crippen LogP contribution in [0.2, 0.25) is 0 Å². The Labute approximate surface area is 198 Å². The van der Waals surface area contributed by atoms with E-state index in [1.165, 1.54) is 5.69 Å². The van der Waals surface area contributed by atoms with Crippen molar-refractivity contribution in [2.24, 2.45) is 0 Å². The van der Waals surface area contributed by atoms with Crippen LogP contribution in [-0.4, -0.2) is 46.3 Å². The average molecular weight is 451 g/mol. The summed E-state index contributed by atoms with van der Waals surface area (Å²) >= 11 is 0. The summed E-state index contributed by atoms with van der Waals surface area (Å²) in [5, 5.41) is 31.6. The van der Waals surface area contributed by atoms with Crippen LogP contribution in [-0.2, 0) is 6.54 Å². The molecule has 8 heteroatoms. The van der Waals surface area contributed by atoms with Gasteiger partial charge in [0.05, 0.1) is 40.4 Å². The highest BCUT2D eigenvalue weighted by Gasteiger charge is 2.30. The number of rotatable bonds is 4. The van der Waals surface area contributed by atoms with Crippen molar-refractivity contribution in [2.75, 3.05) is 31.1 Å². The number of benzene rings is 1. The standard InChI is InChI=1S/C26H26N8/c1-17-22(14-27)26(23(15-28)18(2)30-17)19-3-4-24-21(13-19)25(32-31-24)16-33-9-11-34(12-10-33)20-5-7-29-8-6-20/h3-8,13,26,30H,9-12,16H2,1-2H3,(H,31,32). The van der Waals surface area contributed by atoms with Crippen LogP contribution in [0.5, 0.6) is 0 Å². The van der Waals surface area contributed by atoms with E-state index in [1.807, 2.05) is 38.4 Å². The van der Waals surface area contributed by atoms with Crippen LogP contribution in [0.25, 0.3) is 10.9 Å². The molecular weight excluding hydrogens is 424 g/mol. The molecule has 170 valence electrons. The summed E-state index contributed by atoms with van der Waals surface area (Å²) in [6.45, 7) is 8.38. The van der Waals surface area contributed by atoms with Crippen LogP contribution >= 0.6 is 0 Å². The Morgan fingerprint density at radius 3 is 2.29 bits per heavy atom. The quantitative estimate of drug-likeness (QED) is 0.626. The van der Waals surface area contributed by atoms with E-state index in [1.54, 1.807) is 0 Å². The van der Waals surface area contributed by atoms with Crippen molar-refractivity contribution in [1.82, 2.24) is 25.4 Å². The number of nitrogens with zero attached hydrogens (tertiary/aromatic N) is 6. The Bertz CT molecular complexity index is 1330. The maximum absolute atomic E-state index is 9.83. The Morgan fingerprint density at radius 1 is 0.971 bits per heavy atom. The molecule has 0 aliphatic carbocycles. The third-order valence-electron chi connectivity index (χ3n) is 6.77. The van der Waals surface area contributed by atoms with Crippen LogP contribution in [0.1, 0.15) is 31.0 Å². The summed E-state index contributed by atoms with van der Waals surface area (Å²) in [4.78, 5) is 8.92. The molecule has 2 aliphatic rings. The number of allylic oxidation sites excluding steroid dienone is 4. The van der Waals surface area contributed by atoms with Crippen molar-refractivity contribution in [3.05, 3.63) is 76.5 Å². The molecule has 1 aromatic carbocycles. The highest BCUT2D eigenvalue weighted by Crippen LogP contribution is 2.38. The van der Waals surface area contributed by atoms with Gasteiger partial charge < -0.3 is 10.2 Å². The molecule has 34 heavy (non-hydrogen) atoms. The van der Waals surface area contributed by atoms with Gasteiger partial charge in [0.25, 0.3) is 0 Å². The van der Waals surface area contributed by atoms with Gasteiger partial charge >= 0.3 is 0 Å². The molecule has 5 rings (SSSR count). The first-order valence-electron chi connectivity index (χ1n) is 11.4. The first-order chi connectivity index (χ1) is 16.6. The number of fused-ring (bicyclic) bond motifs is 1. The Kier molecular flexibility index (Phi) is 5.75. The number of nitrogens with one attached hydrogen (secondary N) is 2. The highest BCUT2D eigenvalue weighted by molar-refractivity contribution is 5.82. The van der Waals surface area contributed by atoms with E-state index in [0.29, 0.717) is 11.1 Å². The van der Waals surface area contributed by atoms with E-state index in [4.69, 9.17) is 0 Å². The number of hydrogen-bond acceptors (Lipinski definition) is 7. The predicted octanol–water partition coefficient (Wildman–Crippen LogP) is 3.56. The Hall–Kier alpha value is -4.14. The molecule has 1 fully saturated rings. The number of dihydropyridines is 1. The smallest absolute Gasteiger partial charge is 0.0975 e. The van der Waals surface area contributed by atoms with Crippen molar-refractivity contribution >= 4 is 16.6 Å². The van der Waals surface area contributed by atoms with Crippen molar-refractivity contribution in [1.29, 1.82) is 10.5 Å². The molecule has 2 aromatic heterocycles. The maximum Gasteiger partial charge on any atom is 0.0975 e. The zero-order valence-corrected chi connectivity index (χ0v) is 19.3. The largest absolute Gasteiger partial charge is 0.369 e. The van der Waals surface area contributed by atoms with Gasteiger partial charge in [-0.25, -0.2) is 0 Å². The molecule has 1 saturated heterocycles. The maximum atomic E-state index is 9.83. The van der Waals surface area contributed by atoms with Gasteiger partial charge in [0, 0.05) is 67.6 Å². The van der Waals surface area contributed by atoms with Gasteiger partial charge in [-0.3, -0.25) is 15.0 Å². The minimum atomic E-state index is -0.368. The Balaban J connectivity index is 1.39. The average Bonchev–Trinajstić information content (AvgIpc) is 3.26. The number of piperazine rings is 1. The Morgan fingerprint density at radius 2 is 1.65 bits per heavy atom. The summed E-state index contributed by atoms with van der Waals surface area (Å²) in [7, 11) is 0. The van der Waals surface area contributed by atoms with Gasteiger partial charge in [0.2, 0.25) is 0 Å². The van der Waals surface area contributed by atoms with Crippen molar-refractivity contribution in [2.45, 2.75) is 26.3 Å². The molecule has 0 unspecified atom stereocenters. The molecule has 0 spiro atoms. The number of pyridine rings is 1. The summed E-state index contributed by atoms with van der Waals surface area (Å²) < 4.78 is 0. The van der Waals surface area contributed by atoms with E-state index in [9.17, 15) is 10.5 Å². The number of hydrogen-bond donors (Lipinski definition) is 2. The second-order valence-electron chi connectivity index (χ2n) is 8.81. The molecule has 3 aromatic rings. The van der Waals surface area contributed by atoms with E-state index in [0.717, 1.165) is 66.3 Å². The van der Waals surface area contributed by atoms with E-state index >= 15 is 0 Å². The second-order valence-corrected chi connectivity index (χ2v) is 8.81. The third-order valence-corrected chi connectivity index (χ3v) is 6.77. The summed E-state index contributed by atoms with van der Waals surface area (Å²) in [5.74, 6) is -0.368. The normalized spacial score (nSPS) is 17.6. The molecule has 0 radical (unpaired) electrons. The molecular formula is C26H26N8. The minimum absolute atomic E-state index is 0.368. The highest BCUT2D eigenvalue weighted by atomic mass is 15.3. The van der Waals surface area contributed by atoms with E-state index in [-0.39, 0.29) is 5.92 Å². The number of nitriles is 2. The van der Waals surface area contributed by atoms with Crippen LogP contribution in [0.15, 0.2) is 65.3 Å². The molecule has 4 heterocycles. The fraction of sp³-hybridized carbons (Fsp3) is 0.308. The van der Waals surface area contributed by atoms with Gasteiger partial charge in [0.15, 0.2) is 0 Å². The lowest BCUT2D eigenvalue weighted by Crippen LogP contribution is -2.46. The zero-order valence-electron chi connectivity index (χ0n) is 19.3. The third kappa shape index (κ3) is 3.89. The molecule has 0 atom stereocenters. The van der Waals surface area contributed by atoms with E-state index in [2.05, 4.69) is 60.6 Å². The number of aromatic amines is 1. The molecule has 0 amide bonds. The van der Waals surface area contributed by atoms with Crippen molar-refractivity contribution in [3.63, 3.8) is 0 Å². The molecule has 0 saturated carbocycles. The monoisotopic (exact) mass is 450 g/mol. The lowest BCUT2D eigenvalue weighted by molar-refractivity contribution is 0.248. The fourth-order valence-corrected chi connectivity index (χ4v) is 4.95. The van der Waals surface area contributed by atoms with Gasteiger partial charge in [-0.15, -0.1) is 0 Å². The summed E-state index contributed by atoms with van der Waals surface area (Å²) in [6.07, 6.45) is 3.67. The minimum Gasteiger partial charge on any atom is -0.369 e. The second kappa shape index (κ2) is 9.01. The molecule has 0 bridgehead atoms. The van der Waals surface area contributed by atoms with Crippen LogP contribution in [0.4, 0.5) is 5.69 Å². The van der Waals surface area contributed by atoms with Gasteiger partial charge in [-0.2, -0.15) is 15.6 Å². The summed E-state index contributed by atoms with van der Waals surface area (Å²) in [6, 6.07) is 14.8. The van der Waals surface area contributed by atoms with Crippen LogP contribution < -0.4 is 10.2 Å². The lowest BCUT2D eigenvalue weighted by atomic mass is 9.81. The predicted molar refractivity (Wildman–Crippen MR) is 130 cm³/mol. The first-order valence-corrected chi connectivity index (χ1v) is 11.4. The fourth-order valence-electron chi connectivity index (χ4n) is 4.95. The number of anilines is 1. The molecule has 2 aliphatic heterocycles. The summed E-state index contributed by atoms with van der Waals surface area (Å²) in [5.41, 5.74) is 6.85. The molecule has 2 N–H and O–H groups in total. The lowest BCUT2D eigenvalue weighted by Gasteiger charge is -2.35. The van der Waals surface area contributed by atoms with Gasteiger partial charge in [-0.1, -0.05) is 6.07 Å². The SMILES string of the molecule is CC1=C(C#N)C(c2ccc3n[nH]c(CN4CCN(c5ccncc5)CC4)c3c2)C(C#N)=C(C)N1.